The zero-order chi connectivity index (χ0) is 13.9. The second-order valence-electron chi connectivity index (χ2n) is 4.07. The average molecular weight is 278 g/mol. The lowest BCUT2D eigenvalue weighted by Crippen LogP contribution is -2.33. The van der Waals surface area contributed by atoms with Crippen LogP contribution in [-0.4, -0.2) is 27.3 Å². The molecule has 1 atom stereocenters. The van der Waals surface area contributed by atoms with Crippen LogP contribution in [-0.2, 0) is 10.0 Å². The number of halogens is 2. The Morgan fingerprint density at radius 1 is 1.33 bits per heavy atom. The molecule has 102 valence electrons. The summed E-state index contributed by atoms with van der Waals surface area (Å²) in [5, 5.41) is 1.89. The Kier molecular flexibility index (Phi) is 4.64. The summed E-state index contributed by atoms with van der Waals surface area (Å²) in [6.07, 6.45) is 0. The number of hydrogen-bond donors (Lipinski definition) is 2. The van der Waals surface area contributed by atoms with E-state index < -0.39 is 32.6 Å². The first-order valence-electron chi connectivity index (χ1n) is 5.40. The van der Waals surface area contributed by atoms with Crippen molar-refractivity contribution in [3.05, 3.63) is 29.3 Å². The molecule has 0 saturated carbocycles. The second-order valence-corrected chi connectivity index (χ2v) is 6.17. The highest BCUT2D eigenvalue weighted by atomic mass is 32.2. The molecule has 0 bridgehead atoms. The van der Waals surface area contributed by atoms with Crippen molar-refractivity contribution in [1.29, 1.82) is 0 Å². The highest BCUT2D eigenvalue weighted by molar-refractivity contribution is 7.93. The summed E-state index contributed by atoms with van der Waals surface area (Å²) in [5.74, 6) is -1.83. The Bertz CT molecular complexity index is 532. The van der Waals surface area contributed by atoms with Crippen LogP contribution in [0.25, 0.3) is 0 Å². The zero-order valence-corrected chi connectivity index (χ0v) is 11.2. The molecule has 0 fully saturated rings. The van der Waals surface area contributed by atoms with Crippen molar-refractivity contribution < 1.29 is 17.2 Å². The number of sulfonamides is 1. The first-order valence-corrected chi connectivity index (χ1v) is 6.95. The van der Waals surface area contributed by atoms with Crippen molar-refractivity contribution in [2.24, 2.45) is 0 Å². The van der Waals surface area contributed by atoms with E-state index in [4.69, 9.17) is 0 Å². The Balaban J connectivity index is 3.08. The lowest BCUT2D eigenvalue weighted by Gasteiger charge is -2.15. The van der Waals surface area contributed by atoms with Gasteiger partial charge in [0.1, 0.15) is 11.5 Å². The highest BCUT2D eigenvalue weighted by Crippen LogP contribution is 2.23. The number of rotatable bonds is 5. The fourth-order valence-corrected chi connectivity index (χ4v) is 2.45. The smallest absolute Gasteiger partial charge is 0.236 e. The minimum Gasteiger partial charge on any atom is -0.318 e. The first kappa shape index (κ1) is 14.8. The molecule has 0 spiro atoms. The quantitative estimate of drug-likeness (QED) is 0.860. The van der Waals surface area contributed by atoms with E-state index in [-0.39, 0.29) is 12.1 Å². The minimum absolute atomic E-state index is 0.176. The second kappa shape index (κ2) is 5.62. The molecule has 0 saturated heterocycles. The lowest BCUT2D eigenvalue weighted by atomic mass is 10.2. The van der Waals surface area contributed by atoms with Gasteiger partial charge in [0.15, 0.2) is 5.82 Å². The third kappa shape index (κ3) is 3.17. The third-order valence-corrected chi connectivity index (χ3v) is 4.26. The van der Waals surface area contributed by atoms with Gasteiger partial charge in [0.05, 0.1) is 5.25 Å². The van der Waals surface area contributed by atoms with Gasteiger partial charge in [0.2, 0.25) is 10.0 Å². The largest absolute Gasteiger partial charge is 0.318 e. The highest BCUT2D eigenvalue weighted by Gasteiger charge is 2.23. The van der Waals surface area contributed by atoms with Crippen LogP contribution in [0.5, 0.6) is 0 Å². The van der Waals surface area contributed by atoms with Gasteiger partial charge >= 0.3 is 0 Å². The number of benzene rings is 1. The fraction of sp³-hybridized carbons (Fsp3) is 0.455. The van der Waals surface area contributed by atoms with E-state index in [1.165, 1.54) is 19.9 Å². The molecule has 0 aliphatic carbocycles. The minimum atomic E-state index is -3.83. The van der Waals surface area contributed by atoms with Crippen LogP contribution in [0.15, 0.2) is 12.1 Å². The van der Waals surface area contributed by atoms with Gasteiger partial charge in [-0.3, -0.25) is 4.72 Å². The van der Waals surface area contributed by atoms with Crippen molar-refractivity contribution in [2.75, 3.05) is 18.3 Å². The molecular weight excluding hydrogens is 262 g/mol. The van der Waals surface area contributed by atoms with Crippen LogP contribution >= 0.6 is 0 Å². The van der Waals surface area contributed by atoms with E-state index in [2.05, 4.69) is 5.32 Å². The standard InChI is InChI=1S/C11H16F2N2O2S/c1-7-4-5-9(12)11(10(7)13)15-18(16,17)8(2)6-14-3/h4-5,8,14-15H,6H2,1-3H3. The van der Waals surface area contributed by atoms with E-state index in [1.54, 1.807) is 7.05 Å². The third-order valence-electron chi connectivity index (χ3n) is 2.55. The topological polar surface area (TPSA) is 58.2 Å². The molecular formula is C11H16F2N2O2S. The Morgan fingerprint density at radius 2 is 1.94 bits per heavy atom. The molecule has 1 aromatic carbocycles. The molecule has 2 N–H and O–H groups in total. The van der Waals surface area contributed by atoms with Crippen molar-refractivity contribution >= 4 is 15.7 Å². The number of nitrogens with one attached hydrogen (secondary N) is 2. The lowest BCUT2D eigenvalue weighted by molar-refractivity contribution is 0.572. The molecule has 1 aromatic rings. The monoisotopic (exact) mass is 278 g/mol. The van der Waals surface area contributed by atoms with Gasteiger partial charge in [-0.2, -0.15) is 0 Å². The van der Waals surface area contributed by atoms with Crippen LogP contribution in [0.1, 0.15) is 12.5 Å². The van der Waals surface area contributed by atoms with Crippen LogP contribution in [0, 0.1) is 18.6 Å². The van der Waals surface area contributed by atoms with Crippen molar-refractivity contribution in [3.8, 4) is 0 Å². The van der Waals surface area contributed by atoms with Gasteiger partial charge < -0.3 is 5.32 Å². The first-order chi connectivity index (χ1) is 8.29. The van der Waals surface area contributed by atoms with Gasteiger partial charge in [-0.05, 0) is 32.5 Å². The summed E-state index contributed by atoms with van der Waals surface area (Å²) in [6, 6.07) is 2.28. The van der Waals surface area contributed by atoms with Gasteiger partial charge in [-0.1, -0.05) is 6.07 Å². The maximum Gasteiger partial charge on any atom is 0.236 e. The van der Waals surface area contributed by atoms with Crippen molar-refractivity contribution in [1.82, 2.24) is 5.32 Å². The van der Waals surface area contributed by atoms with Crippen molar-refractivity contribution in [3.63, 3.8) is 0 Å². The molecule has 0 heterocycles. The molecule has 4 nitrogen and oxygen atoms in total. The summed E-state index contributed by atoms with van der Waals surface area (Å²) < 4.78 is 52.7. The van der Waals surface area contributed by atoms with Crippen LogP contribution in [0.2, 0.25) is 0 Å². The van der Waals surface area contributed by atoms with E-state index >= 15 is 0 Å². The number of hydrogen-bond acceptors (Lipinski definition) is 3. The average Bonchev–Trinajstić information content (AvgIpc) is 2.30. The maximum atomic E-state index is 13.7. The van der Waals surface area contributed by atoms with Gasteiger partial charge in [0, 0.05) is 6.54 Å². The molecule has 1 rings (SSSR count). The van der Waals surface area contributed by atoms with Crippen LogP contribution < -0.4 is 10.0 Å². The summed E-state index contributed by atoms with van der Waals surface area (Å²) in [6.45, 7) is 3.07. The van der Waals surface area contributed by atoms with E-state index in [9.17, 15) is 17.2 Å². The predicted octanol–water partition coefficient (Wildman–Crippen LogP) is 1.62. The molecule has 0 aromatic heterocycles. The predicted molar refractivity (Wildman–Crippen MR) is 67.0 cm³/mol. The molecule has 1 unspecified atom stereocenters. The van der Waals surface area contributed by atoms with E-state index in [0.29, 0.717) is 0 Å². The Hall–Kier alpha value is -1.21. The van der Waals surface area contributed by atoms with Crippen LogP contribution in [0.4, 0.5) is 14.5 Å². The van der Waals surface area contributed by atoms with Gasteiger partial charge in [0.25, 0.3) is 0 Å². The van der Waals surface area contributed by atoms with Gasteiger partial charge in [-0.15, -0.1) is 0 Å². The summed E-state index contributed by atoms with van der Waals surface area (Å²) in [5.41, 5.74) is -0.451. The SMILES string of the molecule is CNCC(C)S(=O)(=O)Nc1c(F)ccc(C)c1F. The zero-order valence-electron chi connectivity index (χ0n) is 10.4. The summed E-state index contributed by atoms with van der Waals surface area (Å²) in [4.78, 5) is 0. The van der Waals surface area contributed by atoms with E-state index in [1.807, 2.05) is 4.72 Å². The molecule has 0 aliphatic rings. The summed E-state index contributed by atoms with van der Waals surface area (Å²) >= 11 is 0. The van der Waals surface area contributed by atoms with Crippen LogP contribution in [0.3, 0.4) is 0 Å². The maximum absolute atomic E-state index is 13.7. The number of aryl methyl sites for hydroxylation is 1. The molecule has 0 radical (unpaired) electrons. The summed E-state index contributed by atoms with van der Waals surface area (Å²) in [7, 11) is -2.23. The normalized spacial score (nSPS) is 13.4. The van der Waals surface area contributed by atoms with E-state index in [0.717, 1.165) is 6.07 Å². The molecule has 18 heavy (non-hydrogen) atoms. The molecule has 0 aliphatic heterocycles. The molecule has 0 amide bonds. The number of anilines is 1. The van der Waals surface area contributed by atoms with Crippen molar-refractivity contribution in [2.45, 2.75) is 19.1 Å². The van der Waals surface area contributed by atoms with Gasteiger partial charge in [-0.25, -0.2) is 17.2 Å². The molecule has 7 heteroatoms. The Labute approximate surface area is 105 Å². The fourth-order valence-electron chi connectivity index (χ4n) is 1.39. The Morgan fingerprint density at radius 3 is 2.50 bits per heavy atom.